The van der Waals surface area contributed by atoms with Gasteiger partial charge in [0.05, 0.1) is 5.56 Å². The number of carbonyl (C=O) groups is 2. The van der Waals surface area contributed by atoms with Gasteiger partial charge in [-0.15, -0.1) is 11.8 Å². The van der Waals surface area contributed by atoms with Crippen LogP contribution >= 0.6 is 11.8 Å². The van der Waals surface area contributed by atoms with Gasteiger partial charge >= 0.3 is 5.97 Å². The van der Waals surface area contributed by atoms with Gasteiger partial charge in [-0.3, -0.25) is 9.59 Å². The Balaban J connectivity index is 1.66. The number of benzene rings is 2. The highest BCUT2D eigenvalue weighted by molar-refractivity contribution is 8.00. The number of thioether (sulfide) groups is 1. The monoisotopic (exact) mass is 383 g/mol. The average molecular weight is 384 g/mol. The summed E-state index contributed by atoms with van der Waals surface area (Å²) >= 11 is 1.20. The largest absolute Gasteiger partial charge is 0.480 e. The lowest BCUT2D eigenvalue weighted by molar-refractivity contribution is -0.136. The topological polar surface area (TPSA) is 66.4 Å². The van der Waals surface area contributed by atoms with Gasteiger partial charge in [0.1, 0.15) is 5.25 Å². The van der Waals surface area contributed by atoms with Crippen LogP contribution in [0, 0.1) is 5.41 Å². The van der Waals surface area contributed by atoms with Gasteiger partial charge in [-0.05, 0) is 49.3 Å². The van der Waals surface area contributed by atoms with Crippen molar-refractivity contribution in [3.8, 4) is 0 Å². The van der Waals surface area contributed by atoms with Gasteiger partial charge in [-0.25, -0.2) is 0 Å². The summed E-state index contributed by atoms with van der Waals surface area (Å²) in [5.74, 6) is -1.01. The van der Waals surface area contributed by atoms with Crippen LogP contribution in [0.5, 0.6) is 0 Å². The third-order valence-corrected chi connectivity index (χ3v) is 6.41. The molecule has 0 radical (unpaired) electrons. The van der Waals surface area contributed by atoms with Crippen molar-refractivity contribution in [3.05, 3.63) is 65.7 Å². The first-order valence-electron chi connectivity index (χ1n) is 9.30. The molecule has 1 aliphatic rings. The van der Waals surface area contributed by atoms with Crippen LogP contribution < -0.4 is 5.32 Å². The lowest BCUT2D eigenvalue weighted by atomic mass is 9.65. The Bertz CT molecular complexity index is 802. The Labute approximate surface area is 164 Å². The highest BCUT2D eigenvalue weighted by Gasteiger charge is 2.37. The maximum Gasteiger partial charge on any atom is 0.316 e. The molecule has 1 atom stereocenters. The lowest BCUT2D eigenvalue weighted by Gasteiger charge is -2.42. The van der Waals surface area contributed by atoms with E-state index < -0.39 is 11.2 Å². The Morgan fingerprint density at radius 1 is 1.11 bits per heavy atom. The molecule has 0 spiro atoms. The fraction of sp³-hybridized carbons (Fsp3) is 0.364. The minimum atomic E-state index is -0.883. The first kappa shape index (κ1) is 19.5. The van der Waals surface area contributed by atoms with Crippen molar-refractivity contribution in [2.75, 3.05) is 6.54 Å². The zero-order valence-corrected chi connectivity index (χ0v) is 16.3. The second kappa shape index (κ2) is 8.61. The molecule has 3 rings (SSSR count). The van der Waals surface area contributed by atoms with Crippen LogP contribution in [0.1, 0.15) is 42.1 Å². The van der Waals surface area contributed by atoms with Gasteiger partial charge in [0.2, 0.25) is 0 Å². The minimum absolute atomic E-state index is 0.130. The van der Waals surface area contributed by atoms with Crippen LogP contribution in [0.25, 0.3) is 0 Å². The molecule has 2 N–H and O–H groups in total. The molecule has 4 nitrogen and oxygen atoms in total. The lowest BCUT2D eigenvalue weighted by Crippen LogP contribution is -2.43. The number of carboxylic acid groups (broad SMARTS) is 1. The summed E-state index contributed by atoms with van der Waals surface area (Å²) in [7, 11) is 0. The average Bonchev–Trinajstić information content (AvgIpc) is 2.64. The van der Waals surface area contributed by atoms with Crippen molar-refractivity contribution in [2.45, 2.75) is 42.8 Å². The third kappa shape index (κ3) is 4.92. The van der Waals surface area contributed by atoms with Crippen molar-refractivity contribution >= 4 is 23.6 Å². The predicted molar refractivity (Wildman–Crippen MR) is 108 cm³/mol. The molecule has 5 heteroatoms. The Kier molecular flexibility index (Phi) is 6.22. The van der Waals surface area contributed by atoms with E-state index in [1.165, 1.54) is 23.7 Å². The fourth-order valence-corrected chi connectivity index (χ4v) is 4.41. The van der Waals surface area contributed by atoms with Crippen molar-refractivity contribution in [3.63, 3.8) is 0 Å². The van der Waals surface area contributed by atoms with E-state index >= 15 is 0 Å². The van der Waals surface area contributed by atoms with Crippen molar-refractivity contribution in [1.82, 2.24) is 5.32 Å². The zero-order chi connectivity index (χ0) is 19.3. The zero-order valence-electron chi connectivity index (χ0n) is 15.5. The molecule has 0 aliphatic heterocycles. The summed E-state index contributed by atoms with van der Waals surface area (Å²) < 4.78 is 0. The molecular weight excluding hydrogens is 358 g/mol. The number of nitrogens with one attached hydrogen (secondary N) is 1. The molecule has 0 aromatic heterocycles. The summed E-state index contributed by atoms with van der Waals surface area (Å²) in [6.07, 6.45) is 4.41. The first-order chi connectivity index (χ1) is 13.0. The normalized spacial score (nSPS) is 16.2. The van der Waals surface area contributed by atoms with E-state index in [0.29, 0.717) is 17.0 Å². The fourth-order valence-electron chi connectivity index (χ4n) is 3.48. The van der Waals surface area contributed by atoms with E-state index in [1.807, 2.05) is 24.3 Å². The molecule has 27 heavy (non-hydrogen) atoms. The summed E-state index contributed by atoms with van der Waals surface area (Å²) in [5.41, 5.74) is 1.98. The highest BCUT2D eigenvalue weighted by Crippen LogP contribution is 2.43. The van der Waals surface area contributed by atoms with Gasteiger partial charge in [-0.1, -0.05) is 48.9 Å². The van der Waals surface area contributed by atoms with Gasteiger partial charge < -0.3 is 10.4 Å². The third-order valence-electron chi connectivity index (χ3n) is 5.24. The van der Waals surface area contributed by atoms with E-state index in [9.17, 15) is 9.59 Å². The maximum atomic E-state index is 12.8. The summed E-state index contributed by atoms with van der Waals surface area (Å²) in [5, 5.41) is 11.6. The molecule has 1 aliphatic carbocycles. The van der Waals surface area contributed by atoms with E-state index in [-0.39, 0.29) is 11.3 Å². The number of rotatable bonds is 8. The molecule has 1 amide bonds. The van der Waals surface area contributed by atoms with Gasteiger partial charge in [0, 0.05) is 11.4 Å². The second-order valence-corrected chi connectivity index (χ2v) is 8.68. The van der Waals surface area contributed by atoms with Crippen LogP contribution in [0.4, 0.5) is 0 Å². The number of aliphatic carboxylic acids is 1. The molecule has 2 aromatic rings. The quantitative estimate of drug-likeness (QED) is 0.663. The molecular formula is C22H25NO3S. The minimum Gasteiger partial charge on any atom is -0.480 e. The summed E-state index contributed by atoms with van der Waals surface area (Å²) in [4.78, 5) is 24.6. The number of carbonyl (C=O) groups excluding carboxylic acids is 1. The smallest absolute Gasteiger partial charge is 0.316 e. The van der Waals surface area contributed by atoms with Crippen LogP contribution in [0.15, 0.2) is 59.5 Å². The molecule has 142 valence electrons. The Morgan fingerprint density at radius 2 is 1.78 bits per heavy atom. The van der Waals surface area contributed by atoms with Crippen molar-refractivity contribution < 1.29 is 14.7 Å². The SMILES string of the molecule is CC(Sc1ccccc1C(=O)NCC1(Cc2ccccc2)CCC1)C(=O)O. The van der Waals surface area contributed by atoms with Crippen LogP contribution in [0.2, 0.25) is 0 Å². The maximum absolute atomic E-state index is 12.8. The van der Waals surface area contributed by atoms with Crippen LogP contribution in [-0.4, -0.2) is 28.8 Å². The second-order valence-electron chi connectivity index (χ2n) is 7.29. The predicted octanol–water partition coefficient (Wildman–Crippen LogP) is 4.39. The van der Waals surface area contributed by atoms with E-state index in [4.69, 9.17) is 5.11 Å². The number of hydrogen-bond acceptors (Lipinski definition) is 3. The van der Waals surface area contributed by atoms with E-state index in [2.05, 4.69) is 29.6 Å². The molecule has 1 saturated carbocycles. The Morgan fingerprint density at radius 3 is 2.41 bits per heavy atom. The highest BCUT2D eigenvalue weighted by atomic mass is 32.2. The van der Waals surface area contributed by atoms with E-state index in [0.717, 1.165) is 19.3 Å². The number of amides is 1. The summed E-state index contributed by atoms with van der Waals surface area (Å²) in [6, 6.07) is 17.6. The molecule has 0 saturated heterocycles. The first-order valence-corrected chi connectivity index (χ1v) is 10.2. The van der Waals surface area contributed by atoms with Gasteiger partial charge in [0.25, 0.3) is 5.91 Å². The molecule has 1 fully saturated rings. The van der Waals surface area contributed by atoms with Gasteiger partial charge in [0.15, 0.2) is 0 Å². The molecule has 1 unspecified atom stereocenters. The van der Waals surface area contributed by atoms with E-state index in [1.54, 1.807) is 13.0 Å². The molecule has 2 aromatic carbocycles. The summed E-state index contributed by atoms with van der Waals surface area (Å²) in [6.45, 7) is 2.28. The molecule has 0 heterocycles. The van der Waals surface area contributed by atoms with Crippen LogP contribution in [-0.2, 0) is 11.2 Å². The molecule has 0 bridgehead atoms. The van der Waals surface area contributed by atoms with Gasteiger partial charge in [-0.2, -0.15) is 0 Å². The number of carboxylic acids is 1. The van der Waals surface area contributed by atoms with Crippen molar-refractivity contribution in [2.24, 2.45) is 5.41 Å². The number of hydrogen-bond donors (Lipinski definition) is 2. The van der Waals surface area contributed by atoms with Crippen LogP contribution in [0.3, 0.4) is 0 Å². The Hall–Kier alpha value is -2.27. The van der Waals surface area contributed by atoms with Crippen molar-refractivity contribution in [1.29, 1.82) is 0 Å². The standard InChI is InChI=1S/C22H25NO3S/c1-16(21(25)26)27-19-11-6-5-10-18(19)20(24)23-15-22(12-7-13-22)14-17-8-3-2-4-9-17/h2-6,8-11,16H,7,12-15H2,1H3,(H,23,24)(H,25,26).